The maximum absolute atomic E-state index is 13.8. The second-order valence-corrected chi connectivity index (χ2v) is 12.4. The molecule has 0 saturated heterocycles. The zero-order chi connectivity index (χ0) is 29.0. The first-order valence-electron chi connectivity index (χ1n) is 14.7. The van der Waals surface area contributed by atoms with Crippen LogP contribution in [0.3, 0.4) is 0 Å². The van der Waals surface area contributed by atoms with Crippen LogP contribution in [0, 0.1) is 17.8 Å². The number of hydrogen-bond acceptors (Lipinski definition) is 6. The Morgan fingerprint density at radius 2 is 1.71 bits per heavy atom. The van der Waals surface area contributed by atoms with Gasteiger partial charge in [0.25, 0.3) is 5.91 Å². The van der Waals surface area contributed by atoms with Gasteiger partial charge in [0.15, 0.2) is 5.43 Å². The van der Waals surface area contributed by atoms with Gasteiger partial charge < -0.3 is 15.8 Å². The first-order chi connectivity index (χ1) is 20.3. The largest absolute Gasteiger partial charge is 0.464 e. The van der Waals surface area contributed by atoms with Crippen molar-refractivity contribution >= 4 is 22.9 Å². The number of pyridine rings is 2. The zero-order valence-electron chi connectivity index (χ0n) is 23.6. The number of nitrogens with zero attached hydrogens (tertiary/aromatic N) is 2. The van der Waals surface area contributed by atoms with Crippen molar-refractivity contribution in [2.45, 2.75) is 50.1 Å². The minimum atomic E-state index is -0.621. The molecule has 214 valence electrons. The van der Waals surface area contributed by atoms with Gasteiger partial charge in [-0.2, -0.15) is 0 Å². The van der Waals surface area contributed by atoms with Crippen molar-refractivity contribution in [3.8, 4) is 5.69 Å². The second kappa shape index (κ2) is 10.2. The quantitative estimate of drug-likeness (QED) is 0.337. The Labute approximate surface area is 243 Å². The molecule has 8 nitrogen and oxygen atoms in total. The minimum Gasteiger partial charge on any atom is -0.464 e. The molecule has 8 rings (SSSR count). The van der Waals surface area contributed by atoms with Crippen molar-refractivity contribution in [2.75, 3.05) is 7.11 Å². The van der Waals surface area contributed by atoms with Gasteiger partial charge >= 0.3 is 5.97 Å². The van der Waals surface area contributed by atoms with E-state index >= 15 is 0 Å². The Hall–Kier alpha value is -4.30. The minimum absolute atomic E-state index is 0.0413. The first kappa shape index (κ1) is 26.6. The number of para-hydroxylation sites is 1. The number of benzene rings is 2. The van der Waals surface area contributed by atoms with E-state index in [9.17, 15) is 14.4 Å². The molecule has 42 heavy (non-hydrogen) atoms. The lowest BCUT2D eigenvalue weighted by Gasteiger charge is -2.58. The number of hydrogen-bond donors (Lipinski definition) is 2. The highest BCUT2D eigenvalue weighted by atomic mass is 16.5. The number of rotatable bonds is 6. The molecule has 4 saturated carbocycles. The van der Waals surface area contributed by atoms with Crippen LogP contribution in [0.4, 0.5) is 0 Å². The maximum atomic E-state index is 13.8. The number of ether oxygens (including phenoxy) is 1. The van der Waals surface area contributed by atoms with Crippen molar-refractivity contribution in [3.63, 3.8) is 0 Å². The molecule has 2 heterocycles. The van der Waals surface area contributed by atoms with Crippen LogP contribution in [-0.4, -0.2) is 40.1 Å². The number of aromatic nitrogens is 2. The number of carbonyl (C=O) groups is 2. The smallest absolute Gasteiger partial charge is 0.355 e. The fourth-order valence-electron chi connectivity index (χ4n) is 8.10. The van der Waals surface area contributed by atoms with Crippen molar-refractivity contribution in [1.82, 2.24) is 14.9 Å². The van der Waals surface area contributed by atoms with Crippen LogP contribution >= 0.6 is 0 Å². The summed E-state index contributed by atoms with van der Waals surface area (Å²) in [5, 5.41) is 3.75. The molecule has 4 aliphatic rings. The lowest BCUT2D eigenvalue weighted by Crippen LogP contribution is -2.64. The molecule has 5 atom stereocenters. The molecule has 1 amide bonds. The molecule has 4 fully saturated rings. The van der Waals surface area contributed by atoms with Gasteiger partial charge in [-0.05, 0) is 91.8 Å². The number of amides is 1. The molecular weight excluding hydrogens is 528 g/mol. The van der Waals surface area contributed by atoms with Gasteiger partial charge in [0.2, 0.25) is 0 Å². The summed E-state index contributed by atoms with van der Waals surface area (Å²) in [6.07, 6.45) is 7.22. The Kier molecular flexibility index (Phi) is 6.46. The summed E-state index contributed by atoms with van der Waals surface area (Å²) in [4.78, 5) is 44.7. The third kappa shape index (κ3) is 4.50. The summed E-state index contributed by atoms with van der Waals surface area (Å²) >= 11 is 0. The van der Waals surface area contributed by atoms with Gasteiger partial charge in [0.05, 0.1) is 12.5 Å². The van der Waals surface area contributed by atoms with Crippen LogP contribution < -0.4 is 16.5 Å². The molecule has 0 unspecified atom stereocenters. The predicted molar refractivity (Wildman–Crippen MR) is 160 cm³/mol. The summed E-state index contributed by atoms with van der Waals surface area (Å²) in [6.45, 7) is 0. The third-order valence-electron chi connectivity index (χ3n) is 9.64. The van der Waals surface area contributed by atoms with Gasteiger partial charge in [0.1, 0.15) is 11.3 Å². The molecule has 3 N–H and O–H groups in total. The molecule has 4 aromatic rings. The Bertz CT molecular complexity index is 1730. The highest BCUT2D eigenvalue weighted by Crippen LogP contribution is 2.54. The van der Waals surface area contributed by atoms with Gasteiger partial charge in [0, 0.05) is 41.0 Å². The van der Waals surface area contributed by atoms with Gasteiger partial charge in [-0.25, -0.2) is 9.78 Å². The van der Waals surface area contributed by atoms with E-state index in [4.69, 9.17) is 10.5 Å². The average Bonchev–Trinajstić information content (AvgIpc) is 2.99. The number of carbonyl (C=O) groups excluding carboxylic acids is 2. The second-order valence-electron chi connectivity index (χ2n) is 12.4. The summed E-state index contributed by atoms with van der Waals surface area (Å²) in [6, 6.07) is 20.2. The highest BCUT2D eigenvalue weighted by molar-refractivity contribution is 5.95. The van der Waals surface area contributed by atoms with E-state index in [0.717, 1.165) is 37.7 Å². The molecular formula is C34H34N4O4. The number of methoxy groups -OCH3 is 1. The van der Waals surface area contributed by atoms with Crippen LogP contribution in [0.2, 0.25) is 0 Å². The Balaban J connectivity index is 1.20. The van der Waals surface area contributed by atoms with Crippen molar-refractivity contribution in [3.05, 3.63) is 106 Å². The van der Waals surface area contributed by atoms with E-state index in [1.165, 1.54) is 7.11 Å². The zero-order valence-corrected chi connectivity index (χ0v) is 23.6. The standard InChI is InChI=1S/C34H34N4O4/c1-42-33(41)29-27(30(39)26-8-5-13-36-31(26)38(29)25-6-3-2-4-7-25)16-20-9-11-22(12-10-20)32(40)37-28-23-14-21-15-24(28)19-34(35,17-21)18-23/h2-13,21,23-24,28H,14-19,35H2,1H3,(H,37,40)/t21-,23+,24-,28+,34-. The molecule has 8 heteroatoms. The SMILES string of the molecule is COC(=O)c1c(Cc2ccc(C(=O)N[C@@H]3[C@@H]4C[C@H]5C[C@H]3C[C@](N)(C5)C4)cc2)c(=O)c2cccnc2n1-c1ccccc1. The first-order valence-corrected chi connectivity index (χ1v) is 14.7. The number of nitrogens with one attached hydrogen (secondary N) is 1. The van der Waals surface area contributed by atoms with Crippen molar-refractivity contribution in [2.24, 2.45) is 23.5 Å². The lowest BCUT2D eigenvalue weighted by atomic mass is 9.51. The van der Waals surface area contributed by atoms with Crippen LogP contribution in [0.25, 0.3) is 16.7 Å². The lowest BCUT2D eigenvalue weighted by molar-refractivity contribution is -0.0278. The summed E-state index contributed by atoms with van der Waals surface area (Å²) < 4.78 is 6.85. The van der Waals surface area contributed by atoms with Gasteiger partial charge in [-0.15, -0.1) is 0 Å². The number of esters is 1. The van der Waals surface area contributed by atoms with Crippen LogP contribution in [0.5, 0.6) is 0 Å². The van der Waals surface area contributed by atoms with E-state index in [1.807, 2.05) is 42.5 Å². The normalized spacial score (nSPS) is 25.9. The predicted octanol–water partition coefficient (Wildman–Crippen LogP) is 4.40. The summed E-state index contributed by atoms with van der Waals surface area (Å²) in [5.41, 5.74) is 9.26. The molecule has 4 bridgehead atoms. The monoisotopic (exact) mass is 562 g/mol. The molecule has 2 aromatic heterocycles. The van der Waals surface area contributed by atoms with E-state index in [1.54, 1.807) is 35.0 Å². The average molecular weight is 563 g/mol. The topological polar surface area (TPSA) is 116 Å². The molecule has 2 aromatic carbocycles. The Morgan fingerprint density at radius 1 is 1.00 bits per heavy atom. The fourth-order valence-corrected chi connectivity index (χ4v) is 8.10. The van der Waals surface area contributed by atoms with Crippen LogP contribution in [0.1, 0.15) is 64.1 Å². The molecule has 0 radical (unpaired) electrons. The van der Waals surface area contributed by atoms with E-state index < -0.39 is 5.97 Å². The van der Waals surface area contributed by atoms with Crippen LogP contribution in [0.15, 0.2) is 77.7 Å². The van der Waals surface area contributed by atoms with Gasteiger partial charge in [-0.3, -0.25) is 14.2 Å². The summed E-state index contributed by atoms with van der Waals surface area (Å²) in [7, 11) is 1.30. The van der Waals surface area contributed by atoms with E-state index in [2.05, 4.69) is 10.3 Å². The van der Waals surface area contributed by atoms with Crippen molar-refractivity contribution < 1.29 is 14.3 Å². The van der Waals surface area contributed by atoms with E-state index in [-0.39, 0.29) is 35.0 Å². The van der Waals surface area contributed by atoms with E-state index in [0.29, 0.717) is 45.6 Å². The van der Waals surface area contributed by atoms with Crippen molar-refractivity contribution in [1.29, 1.82) is 0 Å². The Morgan fingerprint density at radius 3 is 2.38 bits per heavy atom. The maximum Gasteiger partial charge on any atom is 0.355 e. The molecule has 0 spiro atoms. The van der Waals surface area contributed by atoms with Crippen LogP contribution in [-0.2, 0) is 11.2 Å². The van der Waals surface area contributed by atoms with Gasteiger partial charge in [-0.1, -0.05) is 30.3 Å². The molecule has 4 aliphatic carbocycles. The fraction of sp³-hybridized carbons (Fsp3) is 0.353. The molecule has 0 aliphatic heterocycles. The third-order valence-corrected chi connectivity index (χ3v) is 9.64. The number of fused-ring (bicyclic) bond motifs is 1. The highest BCUT2D eigenvalue weighted by Gasteiger charge is 2.54. The number of nitrogens with two attached hydrogens (primary N) is 1. The summed E-state index contributed by atoms with van der Waals surface area (Å²) in [5.74, 6) is 0.908.